The molecular formula is C106H79BrN6. The Bertz CT molecular complexity index is 6190. The summed E-state index contributed by atoms with van der Waals surface area (Å²) in [7, 11) is 0. The average Bonchev–Trinajstić information content (AvgIpc) is 0.765. The molecule has 0 saturated heterocycles. The lowest BCUT2D eigenvalue weighted by atomic mass is 9.95. The zero-order chi connectivity index (χ0) is 76.5. The highest BCUT2D eigenvalue weighted by Gasteiger charge is 2.22. The van der Waals surface area contributed by atoms with Crippen LogP contribution >= 0.6 is 15.9 Å². The minimum absolute atomic E-state index is 0.912. The molecule has 0 aliphatic rings. The minimum Gasteiger partial charge on any atom is -0.355 e. The zero-order valence-corrected chi connectivity index (χ0v) is 64.3. The summed E-state index contributed by atoms with van der Waals surface area (Å²) in [5, 5.41) is 3.55. The number of aromatic nitrogens is 4. The van der Waals surface area contributed by atoms with Crippen LogP contribution in [0.5, 0.6) is 0 Å². The molecule has 0 radical (unpaired) electrons. The summed E-state index contributed by atoms with van der Waals surface area (Å²) in [5.74, 6) is 0. The summed E-state index contributed by atoms with van der Waals surface area (Å²) in [5.41, 5.74) is 34.5. The third kappa shape index (κ3) is 17.6. The Labute approximate surface area is 670 Å². The average molecular weight is 1520 g/mol. The molecule has 4 aromatic heterocycles. The van der Waals surface area contributed by atoms with Crippen molar-refractivity contribution in [3.8, 4) is 134 Å². The normalized spacial score (nSPS) is 10.8. The smallest absolute Gasteiger partial charge is 0.0709 e. The Morgan fingerprint density at radius 1 is 0.230 bits per heavy atom. The molecule has 540 valence electrons. The van der Waals surface area contributed by atoms with Gasteiger partial charge < -0.3 is 10.2 Å². The Hall–Kier alpha value is -14.2. The molecule has 0 atom stereocenters. The summed E-state index contributed by atoms with van der Waals surface area (Å²) in [4.78, 5) is 21.3. The van der Waals surface area contributed by atoms with E-state index in [0.29, 0.717) is 0 Å². The molecular weight excluding hydrogens is 1440 g/mol. The molecule has 0 fully saturated rings. The van der Waals surface area contributed by atoms with E-state index in [1.807, 2.05) is 73.3 Å². The Balaban J connectivity index is 0.000000142. The number of rotatable bonds is 17. The van der Waals surface area contributed by atoms with E-state index < -0.39 is 0 Å². The standard InChI is InChI=1S/C53H39N3.C30H22BrN.C23H18N2/c1-38-37-55-52(36-50(38)43-29-27-41(28-30-43)39-16-5-2-6-17-39)46-32-45(40-18-7-3-8-19-40)34-48(35-46)56(47-23-15-22-44(33-47)51-25-13-14-31-54-51)53-26-12-11-24-49(53)42-20-9-4-10-21-42;1-21-20-32-30(27-16-26(17-28(31)18-27)23-10-6-3-7-11-23)19-29(21)25-14-12-24(13-15-25)22-8-4-2-5-9-22;1-2-9-18(10-3-1)21-13-4-5-15-23(21)25-20-12-8-11-19(17-20)22-14-6-7-16-24-22/h2-37H,1H3;2-20H,1H3;1-17,25H. The van der Waals surface area contributed by atoms with Crippen molar-refractivity contribution in [2.75, 3.05) is 10.2 Å². The number of benzene rings is 14. The van der Waals surface area contributed by atoms with Gasteiger partial charge in [0.2, 0.25) is 0 Å². The van der Waals surface area contributed by atoms with Gasteiger partial charge in [0.25, 0.3) is 0 Å². The Kier molecular flexibility index (Phi) is 22.6. The molecule has 18 rings (SSSR count). The van der Waals surface area contributed by atoms with E-state index in [-0.39, 0.29) is 0 Å². The van der Waals surface area contributed by atoms with Crippen LogP contribution in [0.3, 0.4) is 0 Å². The third-order valence-electron chi connectivity index (χ3n) is 20.1. The molecule has 1 N–H and O–H groups in total. The summed E-state index contributed by atoms with van der Waals surface area (Å²) in [6, 6.07) is 145. The highest BCUT2D eigenvalue weighted by molar-refractivity contribution is 9.10. The zero-order valence-electron chi connectivity index (χ0n) is 62.7. The fourth-order valence-electron chi connectivity index (χ4n) is 14.4. The predicted molar refractivity (Wildman–Crippen MR) is 477 cm³/mol. The van der Waals surface area contributed by atoms with Crippen molar-refractivity contribution in [1.29, 1.82) is 0 Å². The monoisotopic (exact) mass is 1510 g/mol. The summed E-state index contributed by atoms with van der Waals surface area (Å²) in [6.45, 7) is 4.26. The number of nitrogens with zero attached hydrogens (tertiary/aromatic N) is 5. The lowest BCUT2D eigenvalue weighted by Gasteiger charge is -2.29. The van der Waals surface area contributed by atoms with Gasteiger partial charge in [-0.3, -0.25) is 19.9 Å². The van der Waals surface area contributed by atoms with Crippen LogP contribution in [-0.4, -0.2) is 19.9 Å². The maximum atomic E-state index is 5.07. The van der Waals surface area contributed by atoms with Crippen LogP contribution in [0.15, 0.2) is 442 Å². The second kappa shape index (κ2) is 35.0. The van der Waals surface area contributed by atoms with Crippen LogP contribution in [0.1, 0.15) is 11.1 Å². The highest BCUT2D eigenvalue weighted by atomic mass is 79.9. The van der Waals surface area contributed by atoms with Gasteiger partial charge in [-0.1, -0.05) is 319 Å². The molecule has 0 unspecified atom stereocenters. The predicted octanol–water partition coefficient (Wildman–Crippen LogP) is 29.2. The molecule has 6 nitrogen and oxygen atoms in total. The quantitative estimate of drug-likeness (QED) is 0.0980. The van der Waals surface area contributed by atoms with Crippen molar-refractivity contribution >= 4 is 44.4 Å². The maximum Gasteiger partial charge on any atom is 0.0709 e. The number of halogens is 1. The molecule has 0 spiro atoms. The Morgan fingerprint density at radius 2 is 0.584 bits per heavy atom. The maximum absolute atomic E-state index is 5.07. The number of anilines is 5. The van der Waals surface area contributed by atoms with Crippen molar-refractivity contribution in [2.24, 2.45) is 0 Å². The molecule has 0 saturated carbocycles. The van der Waals surface area contributed by atoms with Gasteiger partial charge in [-0.2, -0.15) is 0 Å². The molecule has 0 bridgehead atoms. The fraction of sp³-hybridized carbons (Fsp3) is 0.0189. The Morgan fingerprint density at radius 3 is 1.09 bits per heavy atom. The van der Waals surface area contributed by atoms with E-state index in [1.165, 1.54) is 61.2 Å². The first-order valence-corrected chi connectivity index (χ1v) is 38.8. The van der Waals surface area contributed by atoms with Gasteiger partial charge in [0.05, 0.1) is 28.5 Å². The van der Waals surface area contributed by atoms with Crippen LogP contribution in [-0.2, 0) is 0 Å². The largest absolute Gasteiger partial charge is 0.355 e. The summed E-state index contributed by atoms with van der Waals surface area (Å²) < 4.78 is 1.05. The van der Waals surface area contributed by atoms with E-state index in [2.05, 4.69) is 409 Å². The molecule has 0 aliphatic heterocycles. The molecule has 18 aromatic rings. The van der Waals surface area contributed by atoms with Gasteiger partial charge in [0, 0.05) is 85.4 Å². The first-order chi connectivity index (χ1) is 55.7. The van der Waals surface area contributed by atoms with E-state index in [0.717, 1.165) is 117 Å². The van der Waals surface area contributed by atoms with Crippen LogP contribution in [0, 0.1) is 13.8 Å². The van der Waals surface area contributed by atoms with Crippen LogP contribution in [0.2, 0.25) is 0 Å². The van der Waals surface area contributed by atoms with Gasteiger partial charge >= 0.3 is 0 Å². The van der Waals surface area contributed by atoms with Crippen molar-refractivity contribution in [3.63, 3.8) is 0 Å². The summed E-state index contributed by atoms with van der Waals surface area (Å²) in [6.07, 6.45) is 7.64. The number of pyridine rings is 4. The van der Waals surface area contributed by atoms with Gasteiger partial charge in [0.1, 0.15) is 0 Å². The van der Waals surface area contributed by atoms with E-state index in [4.69, 9.17) is 15.0 Å². The second-order valence-electron chi connectivity index (χ2n) is 27.7. The van der Waals surface area contributed by atoms with Gasteiger partial charge in [0.15, 0.2) is 0 Å². The second-order valence-corrected chi connectivity index (χ2v) is 28.6. The molecule has 113 heavy (non-hydrogen) atoms. The number of hydrogen-bond donors (Lipinski definition) is 1. The van der Waals surface area contributed by atoms with Crippen molar-refractivity contribution in [2.45, 2.75) is 13.8 Å². The van der Waals surface area contributed by atoms with E-state index >= 15 is 0 Å². The first kappa shape index (κ1) is 72.9. The third-order valence-corrected chi connectivity index (χ3v) is 20.6. The van der Waals surface area contributed by atoms with Crippen molar-refractivity contribution in [1.82, 2.24) is 19.9 Å². The van der Waals surface area contributed by atoms with Crippen molar-refractivity contribution < 1.29 is 0 Å². The lowest BCUT2D eigenvalue weighted by molar-refractivity contribution is 1.25. The van der Waals surface area contributed by atoms with E-state index in [1.54, 1.807) is 0 Å². The number of aryl methyl sites for hydroxylation is 2. The van der Waals surface area contributed by atoms with Gasteiger partial charge in [-0.05, 0) is 212 Å². The lowest BCUT2D eigenvalue weighted by Crippen LogP contribution is -2.12. The van der Waals surface area contributed by atoms with Gasteiger partial charge in [-0.15, -0.1) is 0 Å². The SMILES string of the molecule is Cc1cnc(-c2cc(-c3ccccc3)cc(N(c3cccc(-c4ccccn4)c3)c3ccccc3-c3ccccc3)c2)cc1-c1ccc(-c2ccccc2)cc1.Cc1cnc(-c2cc(Br)cc(-c3ccccc3)c2)cc1-c1ccc(-c2ccccc2)cc1.c1ccc(-c2ccccc2Nc2cccc(-c3ccccn3)c2)cc1. The number of para-hydroxylation sites is 2. The molecule has 4 heterocycles. The van der Waals surface area contributed by atoms with Crippen molar-refractivity contribution in [3.05, 3.63) is 453 Å². The summed E-state index contributed by atoms with van der Waals surface area (Å²) >= 11 is 3.69. The topological polar surface area (TPSA) is 66.8 Å². The highest BCUT2D eigenvalue weighted by Crippen LogP contribution is 2.45. The van der Waals surface area contributed by atoms with Crippen LogP contribution in [0.25, 0.3) is 134 Å². The molecule has 0 amide bonds. The molecule has 7 heteroatoms. The van der Waals surface area contributed by atoms with E-state index in [9.17, 15) is 0 Å². The molecule has 14 aromatic carbocycles. The minimum atomic E-state index is 0.912. The van der Waals surface area contributed by atoms with Crippen LogP contribution < -0.4 is 10.2 Å². The first-order valence-electron chi connectivity index (χ1n) is 38.0. The number of hydrogen-bond acceptors (Lipinski definition) is 6. The van der Waals surface area contributed by atoms with Gasteiger partial charge in [-0.25, -0.2) is 0 Å². The molecule has 0 aliphatic carbocycles. The number of nitrogens with one attached hydrogen (secondary N) is 1. The fourth-order valence-corrected chi connectivity index (χ4v) is 14.8. The van der Waals surface area contributed by atoms with Crippen LogP contribution in [0.4, 0.5) is 28.4 Å².